The quantitative estimate of drug-likeness (QED) is 0.505. The van der Waals surface area contributed by atoms with Gasteiger partial charge in [0.2, 0.25) is 0 Å². The number of sulfone groups is 1. The van der Waals surface area contributed by atoms with Crippen molar-refractivity contribution in [3.05, 3.63) is 97.4 Å². The summed E-state index contributed by atoms with van der Waals surface area (Å²) in [6.07, 6.45) is 1.07. The van der Waals surface area contributed by atoms with Crippen molar-refractivity contribution in [1.82, 2.24) is 4.57 Å². The second-order valence-electron chi connectivity index (χ2n) is 7.37. The number of hydrogen-bond acceptors (Lipinski definition) is 5. The van der Waals surface area contributed by atoms with E-state index in [2.05, 4.69) is 15.9 Å². The Morgan fingerprint density at radius 1 is 1.12 bits per heavy atom. The van der Waals surface area contributed by atoms with Crippen molar-refractivity contribution in [2.75, 3.05) is 6.26 Å². The molecule has 3 aromatic rings. The van der Waals surface area contributed by atoms with Gasteiger partial charge in [0.05, 0.1) is 6.54 Å². The van der Waals surface area contributed by atoms with Gasteiger partial charge in [-0.3, -0.25) is 4.79 Å². The summed E-state index contributed by atoms with van der Waals surface area (Å²) in [7, 11) is -3.42. The molecule has 0 aliphatic rings. The van der Waals surface area contributed by atoms with Crippen LogP contribution >= 0.6 is 15.9 Å². The molecule has 2 aromatic carbocycles. The first-order chi connectivity index (χ1) is 15.0. The molecule has 0 fully saturated rings. The van der Waals surface area contributed by atoms with Crippen LogP contribution in [-0.4, -0.2) is 19.2 Å². The van der Waals surface area contributed by atoms with Crippen LogP contribution in [0.25, 0.3) is 0 Å². The maximum absolute atomic E-state index is 13.8. The van der Waals surface area contributed by atoms with Gasteiger partial charge in [-0.05, 0) is 46.1 Å². The highest BCUT2D eigenvalue weighted by atomic mass is 79.9. The van der Waals surface area contributed by atoms with Crippen molar-refractivity contribution in [2.45, 2.75) is 25.4 Å². The Balaban J connectivity index is 1.80. The standard InChI is InChI=1S/C22H21BrF2N2O4S/c1-13-9-19(31-12-16-7-8-17(24)10-18(16)25)20(23)22(28)27(13)11-14-3-5-15(6-4-14)21(26)32(2,29)30/h3-10,21H,11-12,26H2,1-2H3. The summed E-state index contributed by atoms with van der Waals surface area (Å²) in [6, 6.07) is 11.5. The van der Waals surface area contributed by atoms with Crippen molar-refractivity contribution < 1.29 is 21.9 Å². The second kappa shape index (κ2) is 9.51. The van der Waals surface area contributed by atoms with Crippen molar-refractivity contribution >= 4 is 25.8 Å². The predicted octanol–water partition coefficient (Wildman–Crippen LogP) is 3.83. The summed E-state index contributed by atoms with van der Waals surface area (Å²) in [6.45, 7) is 1.80. The monoisotopic (exact) mass is 526 g/mol. The number of halogens is 3. The average molecular weight is 527 g/mol. The number of nitrogens with two attached hydrogens (primary N) is 1. The van der Waals surface area contributed by atoms with Crippen LogP contribution < -0.4 is 16.0 Å². The lowest BCUT2D eigenvalue weighted by molar-refractivity contribution is 0.296. The normalized spacial score (nSPS) is 12.6. The first kappa shape index (κ1) is 24.1. The van der Waals surface area contributed by atoms with Gasteiger partial charge in [-0.15, -0.1) is 0 Å². The van der Waals surface area contributed by atoms with Gasteiger partial charge < -0.3 is 15.0 Å². The van der Waals surface area contributed by atoms with E-state index in [9.17, 15) is 22.0 Å². The van der Waals surface area contributed by atoms with Gasteiger partial charge >= 0.3 is 0 Å². The van der Waals surface area contributed by atoms with E-state index < -0.39 is 26.8 Å². The molecule has 3 rings (SSSR count). The molecule has 1 heterocycles. The molecule has 0 aliphatic carbocycles. The third kappa shape index (κ3) is 5.43. The van der Waals surface area contributed by atoms with E-state index >= 15 is 0 Å². The van der Waals surface area contributed by atoms with E-state index in [1.807, 2.05) is 0 Å². The molecule has 32 heavy (non-hydrogen) atoms. The van der Waals surface area contributed by atoms with Crippen molar-refractivity contribution in [2.24, 2.45) is 5.73 Å². The summed E-state index contributed by atoms with van der Waals surface area (Å²) in [5, 5.41) is -1.11. The van der Waals surface area contributed by atoms with Crippen molar-refractivity contribution in [3.63, 3.8) is 0 Å². The van der Waals surface area contributed by atoms with Crippen LogP contribution in [0.4, 0.5) is 8.78 Å². The number of benzene rings is 2. The lowest BCUT2D eigenvalue weighted by Gasteiger charge is -2.15. The van der Waals surface area contributed by atoms with Crippen LogP contribution in [0.3, 0.4) is 0 Å². The zero-order valence-corrected chi connectivity index (χ0v) is 19.7. The smallest absolute Gasteiger partial charge is 0.269 e. The number of aryl methyl sites for hydroxylation is 1. The van der Waals surface area contributed by atoms with Crippen LogP contribution in [-0.2, 0) is 23.0 Å². The SMILES string of the molecule is Cc1cc(OCc2ccc(F)cc2F)c(Br)c(=O)n1Cc1ccc(C(N)S(C)(=O)=O)cc1. The van der Waals surface area contributed by atoms with E-state index in [-0.39, 0.29) is 34.5 Å². The molecule has 0 saturated carbocycles. The lowest BCUT2D eigenvalue weighted by atomic mass is 10.1. The number of pyridine rings is 1. The number of ether oxygens (including phenoxy) is 1. The minimum absolute atomic E-state index is 0.160. The Morgan fingerprint density at radius 2 is 1.78 bits per heavy atom. The molecule has 10 heteroatoms. The molecular weight excluding hydrogens is 506 g/mol. The number of aromatic nitrogens is 1. The molecule has 0 amide bonds. The molecular formula is C22H21BrF2N2O4S. The van der Waals surface area contributed by atoms with Crippen LogP contribution in [0.1, 0.15) is 27.8 Å². The van der Waals surface area contributed by atoms with Crippen LogP contribution in [0.15, 0.2) is 57.8 Å². The molecule has 6 nitrogen and oxygen atoms in total. The fraction of sp³-hybridized carbons (Fsp3) is 0.227. The predicted molar refractivity (Wildman–Crippen MR) is 121 cm³/mol. The third-order valence-corrected chi connectivity index (χ3v) is 6.85. The molecule has 1 unspecified atom stereocenters. The Bertz CT molecular complexity index is 1310. The Hall–Kier alpha value is -2.56. The van der Waals surface area contributed by atoms with E-state index in [1.165, 1.54) is 10.6 Å². The van der Waals surface area contributed by atoms with E-state index in [0.29, 0.717) is 11.3 Å². The minimum atomic E-state index is -3.42. The van der Waals surface area contributed by atoms with Crippen molar-refractivity contribution in [3.8, 4) is 5.75 Å². The fourth-order valence-corrected chi connectivity index (χ4v) is 4.15. The zero-order valence-electron chi connectivity index (χ0n) is 17.3. The average Bonchev–Trinajstić information content (AvgIpc) is 2.73. The minimum Gasteiger partial charge on any atom is -0.487 e. The maximum Gasteiger partial charge on any atom is 0.269 e. The number of hydrogen-bond donors (Lipinski definition) is 1. The summed E-state index contributed by atoms with van der Waals surface area (Å²) >= 11 is 3.24. The Kier molecular flexibility index (Phi) is 7.16. The number of nitrogens with zero attached hydrogens (tertiary/aromatic N) is 1. The van der Waals surface area contributed by atoms with Crippen LogP contribution in [0.5, 0.6) is 5.75 Å². The lowest BCUT2D eigenvalue weighted by Crippen LogP contribution is -2.24. The molecule has 0 spiro atoms. The molecule has 2 N–H and O–H groups in total. The summed E-state index contributed by atoms with van der Waals surface area (Å²) < 4.78 is 57.4. The highest BCUT2D eigenvalue weighted by Gasteiger charge is 2.18. The molecule has 0 bridgehead atoms. The zero-order chi connectivity index (χ0) is 23.6. The third-order valence-electron chi connectivity index (χ3n) is 4.92. The second-order valence-corrected chi connectivity index (χ2v) is 10.3. The molecule has 170 valence electrons. The Morgan fingerprint density at radius 3 is 2.38 bits per heavy atom. The number of rotatable bonds is 7. The molecule has 1 aromatic heterocycles. The molecule has 0 saturated heterocycles. The van der Waals surface area contributed by atoms with E-state index in [4.69, 9.17) is 10.5 Å². The fourth-order valence-electron chi connectivity index (χ4n) is 3.05. The van der Waals surface area contributed by atoms with Gasteiger partial charge in [0.15, 0.2) is 9.84 Å². The van der Waals surface area contributed by atoms with Crippen LogP contribution in [0, 0.1) is 18.6 Å². The molecule has 0 aliphatic heterocycles. The molecule has 0 radical (unpaired) electrons. The maximum atomic E-state index is 13.8. The van der Waals surface area contributed by atoms with Gasteiger partial charge in [0.25, 0.3) is 5.56 Å². The van der Waals surface area contributed by atoms with Gasteiger partial charge in [-0.2, -0.15) is 0 Å². The van der Waals surface area contributed by atoms with Gasteiger partial charge in [0.1, 0.15) is 33.8 Å². The first-order valence-electron chi connectivity index (χ1n) is 9.47. The highest BCUT2D eigenvalue weighted by molar-refractivity contribution is 9.10. The topological polar surface area (TPSA) is 91.4 Å². The van der Waals surface area contributed by atoms with Gasteiger partial charge in [-0.25, -0.2) is 17.2 Å². The van der Waals surface area contributed by atoms with Crippen LogP contribution in [0.2, 0.25) is 0 Å². The highest BCUT2D eigenvalue weighted by Crippen LogP contribution is 2.25. The van der Waals surface area contributed by atoms with E-state index in [1.54, 1.807) is 37.3 Å². The summed E-state index contributed by atoms with van der Waals surface area (Å²) in [4.78, 5) is 12.9. The molecule has 1 atom stereocenters. The van der Waals surface area contributed by atoms with Crippen molar-refractivity contribution in [1.29, 1.82) is 0 Å². The Labute approximate surface area is 192 Å². The summed E-state index contributed by atoms with van der Waals surface area (Å²) in [5.74, 6) is -1.18. The first-order valence-corrected chi connectivity index (χ1v) is 12.2. The van der Waals surface area contributed by atoms with E-state index in [0.717, 1.165) is 24.0 Å². The van der Waals surface area contributed by atoms with Gasteiger partial charge in [0, 0.05) is 29.6 Å². The largest absolute Gasteiger partial charge is 0.487 e. The van der Waals surface area contributed by atoms with Gasteiger partial charge in [-0.1, -0.05) is 24.3 Å². The summed E-state index contributed by atoms with van der Waals surface area (Å²) in [5.41, 5.74) is 7.38.